The molecule has 5 heteroatoms. The normalized spacial score (nSPS) is 19.6. The largest absolute Gasteiger partial charge is 0.465 e. The van der Waals surface area contributed by atoms with E-state index in [4.69, 9.17) is 4.74 Å². The molecule has 112 valence electrons. The van der Waals surface area contributed by atoms with Crippen molar-refractivity contribution in [3.05, 3.63) is 0 Å². The van der Waals surface area contributed by atoms with Gasteiger partial charge in [-0.3, -0.25) is 4.79 Å². The Morgan fingerprint density at radius 1 is 1.26 bits per heavy atom. The minimum atomic E-state index is -0.181. The van der Waals surface area contributed by atoms with Crippen molar-refractivity contribution < 1.29 is 9.53 Å². The molecule has 1 N–H and O–H groups in total. The van der Waals surface area contributed by atoms with Crippen molar-refractivity contribution in [2.45, 2.75) is 39.3 Å². The van der Waals surface area contributed by atoms with Gasteiger partial charge in [-0.05, 0) is 20.4 Å². The number of hydrogen-bond donors (Lipinski definition) is 1. The second-order valence-corrected chi connectivity index (χ2v) is 5.56. The molecule has 0 aliphatic carbocycles. The van der Waals surface area contributed by atoms with Gasteiger partial charge >= 0.3 is 5.97 Å². The van der Waals surface area contributed by atoms with Gasteiger partial charge in [0, 0.05) is 38.8 Å². The Kier molecular flexibility index (Phi) is 7.34. The first kappa shape index (κ1) is 16.4. The smallest absolute Gasteiger partial charge is 0.323 e. The summed E-state index contributed by atoms with van der Waals surface area (Å²) in [6, 6.07) is 0.113. The lowest BCUT2D eigenvalue weighted by Crippen LogP contribution is -2.48. The first-order valence-electron chi connectivity index (χ1n) is 7.36. The highest BCUT2D eigenvalue weighted by atomic mass is 16.5. The number of hydrogen-bond acceptors (Lipinski definition) is 5. The van der Waals surface area contributed by atoms with Crippen LogP contribution >= 0.6 is 0 Å². The number of nitrogens with one attached hydrogen (secondary N) is 1. The van der Waals surface area contributed by atoms with Gasteiger partial charge in [0.1, 0.15) is 6.04 Å². The summed E-state index contributed by atoms with van der Waals surface area (Å²) in [6.07, 6.45) is 0.820. The van der Waals surface area contributed by atoms with E-state index in [2.05, 4.69) is 36.0 Å². The van der Waals surface area contributed by atoms with Crippen LogP contribution in [0.25, 0.3) is 0 Å². The van der Waals surface area contributed by atoms with Crippen molar-refractivity contribution >= 4 is 5.97 Å². The van der Waals surface area contributed by atoms with E-state index >= 15 is 0 Å². The van der Waals surface area contributed by atoms with E-state index < -0.39 is 0 Å². The Morgan fingerprint density at radius 3 is 2.42 bits per heavy atom. The summed E-state index contributed by atoms with van der Waals surface area (Å²) in [7, 11) is 2.15. The average molecular weight is 271 g/mol. The van der Waals surface area contributed by atoms with Crippen LogP contribution in [0.1, 0.15) is 27.2 Å². The third-order valence-corrected chi connectivity index (χ3v) is 3.44. The number of carbonyl (C=O) groups is 1. The summed E-state index contributed by atoms with van der Waals surface area (Å²) in [5, 5.41) is 3.30. The Bertz CT molecular complexity index is 263. The van der Waals surface area contributed by atoms with E-state index in [-0.39, 0.29) is 12.0 Å². The van der Waals surface area contributed by atoms with Gasteiger partial charge in [0.05, 0.1) is 6.61 Å². The molecule has 1 atom stereocenters. The molecule has 1 heterocycles. The highest BCUT2D eigenvalue weighted by molar-refractivity contribution is 5.75. The fraction of sp³-hybridized carbons (Fsp3) is 0.929. The van der Waals surface area contributed by atoms with Crippen LogP contribution < -0.4 is 5.32 Å². The van der Waals surface area contributed by atoms with Crippen molar-refractivity contribution in [1.82, 2.24) is 15.1 Å². The molecule has 0 aromatic heterocycles. The van der Waals surface area contributed by atoms with Crippen LogP contribution in [0.2, 0.25) is 0 Å². The fourth-order valence-corrected chi connectivity index (χ4v) is 2.30. The molecule has 0 amide bonds. The molecule has 0 bridgehead atoms. The lowest BCUT2D eigenvalue weighted by molar-refractivity contribution is -0.146. The molecule has 1 aliphatic heterocycles. The van der Waals surface area contributed by atoms with E-state index in [1.807, 2.05) is 6.92 Å². The van der Waals surface area contributed by atoms with Gasteiger partial charge in [0.25, 0.3) is 0 Å². The molecule has 1 unspecified atom stereocenters. The number of ether oxygens (including phenoxy) is 1. The molecule has 0 aromatic carbocycles. The average Bonchev–Trinajstić information content (AvgIpc) is 2.36. The number of likely N-dealkylation sites (N-methyl/N-ethyl adjacent to an activating group) is 1. The molecule has 0 saturated carbocycles. The van der Waals surface area contributed by atoms with Crippen LogP contribution in [0.4, 0.5) is 0 Å². The molecule has 1 fully saturated rings. The second kappa shape index (κ2) is 8.51. The first-order chi connectivity index (χ1) is 9.02. The Balaban J connectivity index is 2.37. The zero-order valence-corrected chi connectivity index (χ0v) is 12.8. The van der Waals surface area contributed by atoms with Crippen LogP contribution in [-0.2, 0) is 9.53 Å². The quantitative estimate of drug-likeness (QED) is 0.685. The SMILES string of the molecule is CCOC(=O)C(CCN1CCN(C)CC1)NC(C)C. The van der Waals surface area contributed by atoms with Crippen LogP contribution in [-0.4, -0.2) is 74.2 Å². The van der Waals surface area contributed by atoms with Crippen molar-refractivity contribution in [3.8, 4) is 0 Å². The van der Waals surface area contributed by atoms with Crippen molar-refractivity contribution in [2.75, 3.05) is 46.4 Å². The molecular formula is C14H29N3O2. The van der Waals surface area contributed by atoms with Crippen LogP contribution in [0.15, 0.2) is 0 Å². The lowest BCUT2D eigenvalue weighted by Gasteiger charge is -2.33. The molecule has 0 aromatic rings. The van der Waals surface area contributed by atoms with Crippen molar-refractivity contribution in [2.24, 2.45) is 0 Å². The third-order valence-electron chi connectivity index (χ3n) is 3.44. The Morgan fingerprint density at radius 2 is 1.89 bits per heavy atom. The summed E-state index contributed by atoms with van der Waals surface area (Å²) in [6.45, 7) is 11.8. The summed E-state index contributed by atoms with van der Waals surface area (Å²) >= 11 is 0. The summed E-state index contributed by atoms with van der Waals surface area (Å²) in [4.78, 5) is 16.7. The second-order valence-electron chi connectivity index (χ2n) is 5.56. The molecule has 1 aliphatic rings. The molecule has 1 saturated heterocycles. The van der Waals surface area contributed by atoms with Gasteiger partial charge in [0.2, 0.25) is 0 Å². The maximum Gasteiger partial charge on any atom is 0.323 e. The van der Waals surface area contributed by atoms with Gasteiger partial charge in [-0.1, -0.05) is 13.8 Å². The van der Waals surface area contributed by atoms with Gasteiger partial charge in [-0.2, -0.15) is 0 Å². The maximum absolute atomic E-state index is 11.9. The summed E-state index contributed by atoms with van der Waals surface area (Å²) in [5.74, 6) is -0.120. The van der Waals surface area contributed by atoms with Crippen LogP contribution in [0, 0.1) is 0 Å². The van der Waals surface area contributed by atoms with E-state index in [1.165, 1.54) is 0 Å². The number of esters is 1. The monoisotopic (exact) mass is 271 g/mol. The fourth-order valence-electron chi connectivity index (χ4n) is 2.30. The highest BCUT2D eigenvalue weighted by Crippen LogP contribution is 2.04. The number of piperazine rings is 1. The van der Waals surface area contributed by atoms with Gasteiger partial charge in [-0.15, -0.1) is 0 Å². The molecular weight excluding hydrogens is 242 g/mol. The predicted molar refractivity (Wildman–Crippen MR) is 77.2 cm³/mol. The van der Waals surface area contributed by atoms with E-state index in [1.54, 1.807) is 0 Å². The minimum absolute atomic E-state index is 0.120. The number of nitrogens with zero attached hydrogens (tertiary/aromatic N) is 2. The number of carbonyl (C=O) groups excluding carboxylic acids is 1. The van der Waals surface area contributed by atoms with Gasteiger partial charge in [0.15, 0.2) is 0 Å². The van der Waals surface area contributed by atoms with Crippen LogP contribution in [0.3, 0.4) is 0 Å². The molecule has 5 nitrogen and oxygen atoms in total. The molecule has 0 spiro atoms. The summed E-state index contributed by atoms with van der Waals surface area (Å²) in [5.41, 5.74) is 0. The molecule has 0 radical (unpaired) electrons. The minimum Gasteiger partial charge on any atom is -0.465 e. The standard InChI is InChI=1S/C14H29N3O2/c1-5-19-14(18)13(15-12(2)3)6-7-17-10-8-16(4)9-11-17/h12-13,15H,5-11H2,1-4H3. The molecule has 19 heavy (non-hydrogen) atoms. The highest BCUT2D eigenvalue weighted by Gasteiger charge is 2.22. The topological polar surface area (TPSA) is 44.8 Å². The number of rotatable bonds is 7. The third kappa shape index (κ3) is 6.36. The van der Waals surface area contributed by atoms with E-state index in [0.717, 1.165) is 39.1 Å². The lowest BCUT2D eigenvalue weighted by atomic mass is 10.1. The Hall–Kier alpha value is -0.650. The van der Waals surface area contributed by atoms with Crippen molar-refractivity contribution in [1.29, 1.82) is 0 Å². The van der Waals surface area contributed by atoms with Gasteiger partial charge in [-0.25, -0.2) is 0 Å². The zero-order valence-electron chi connectivity index (χ0n) is 12.8. The zero-order chi connectivity index (χ0) is 14.3. The van der Waals surface area contributed by atoms with Crippen LogP contribution in [0.5, 0.6) is 0 Å². The predicted octanol–water partition coefficient (Wildman–Crippen LogP) is 0.554. The van der Waals surface area contributed by atoms with E-state index in [9.17, 15) is 4.79 Å². The molecule has 1 rings (SSSR count). The van der Waals surface area contributed by atoms with Gasteiger partial charge < -0.3 is 19.9 Å². The van der Waals surface area contributed by atoms with Crippen molar-refractivity contribution in [3.63, 3.8) is 0 Å². The Labute approximate surface area is 117 Å². The summed E-state index contributed by atoms with van der Waals surface area (Å²) < 4.78 is 5.13. The van der Waals surface area contributed by atoms with E-state index in [0.29, 0.717) is 12.6 Å². The maximum atomic E-state index is 11.9. The first-order valence-corrected chi connectivity index (χ1v) is 7.36.